The van der Waals surface area contributed by atoms with Crippen molar-refractivity contribution < 1.29 is 9.47 Å². The molecule has 102 valence electrons. The van der Waals surface area contributed by atoms with Crippen molar-refractivity contribution in [3.05, 3.63) is 5.28 Å². The lowest BCUT2D eigenvalue weighted by Gasteiger charge is -2.17. The molecule has 0 saturated carbocycles. The topological polar surface area (TPSA) is 60.4 Å². The summed E-state index contributed by atoms with van der Waals surface area (Å²) in [4.78, 5) is 14.0. The number of halogens is 1. The fourth-order valence-electron chi connectivity index (χ4n) is 1.20. The predicted octanol–water partition coefficient (Wildman–Crippen LogP) is 1.78. The molecule has 0 N–H and O–H groups in total. The van der Waals surface area contributed by atoms with Crippen molar-refractivity contribution in [2.24, 2.45) is 0 Å². The van der Waals surface area contributed by atoms with Gasteiger partial charge in [0.25, 0.3) is 0 Å². The molecule has 0 aliphatic carbocycles. The lowest BCUT2D eigenvalue weighted by Crippen LogP contribution is -2.25. The molecule has 0 aromatic carbocycles. The molecule has 6 nitrogen and oxygen atoms in total. The number of anilines is 1. The molecule has 1 aromatic heterocycles. The summed E-state index contributed by atoms with van der Waals surface area (Å²) in [6.45, 7) is 7.72. The Balaban J connectivity index is 2.71. The zero-order chi connectivity index (χ0) is 13.5. The van der Waals surface area contributed by atoms with Crippen LogP contribution in [0, 0.1) is 0 Å². The molecule has 0 fully saturated rings. The average Bonchev–Trinajstić information content (AvgIpc) is 2.27. The SMILES string of the molecule is CCOCCN(C)c1nc(Cl)nc(OC(C)C)n1. The molecule has 7 heteroatoms. The highest BCUT2D eigenvalue weighted by molar-refractivity contribution is 6.28. The average molecular weight is 275 g/mol. The van der Waals surface area contributed by atoms with Crippen LogP contribution in [0.2, 0.25) is 5.28 Å². The van der Waals surface area contributed by atoms with E-state index in [-0.39, 0.29) is 17.4 Å². The van der Waals surface area contributed by atoms with Crippen LogP contribution in [-0.2, 0) is 4.74 Å². The molecule has 0 unspecified atom stereocenters. The van der Waals surface area contributed by atoms with E-state index in [9.17, 15) is 0 Å². The number of nitrogens with zero attached hydrogens (tertiary/aromatic N) is 4. The molecule has 0 amide bonds. The lowest BCUT2D eigenvalue weighted by atomic mass is 10.5. The summed E-state index contributed by atoms with van der Waals surface area (Å²) in [6, 6.07) is 0.239. The van der Waals surface area contributed by atoms with Gasteiger partial charge in [-0.2, -0.15) is 15.0 Å². The summed E-state index contributed by atoms with van der Waals surface area (Å²) < 4.78 is 10.7. The molecule has 1 heterocycles. The highest BCUT2D eigenvalue weighted by Crippen LogP contribution is 2.14. The van der Waals surface area contributed by atoms with Gasteiger partial charge in [-0.05, 0) is 32.4 Å². The van der Waals surface area contributed by atoms with E-state index in [0.29, 0.717) is 25.7 Å². The van der Waals surface area contributed by atoms with Crippen LogP contribution >= 0.6 is 11.6 Å². The minimum Gasteiger partial charge on any atom is -0.461 e. The summed E-state index contributed by atoms with van der Waals surface area (Å²) in [7, 11) is 1.86. The summed E-state index contributed by atoms with van der Waals surface area (Å²) in [5.74, 6) is 0.477. The maximum atomic E-state index is 5.84. The van der Waals surface area contributed by atoms with Crippen LogP contribution < -0.4 is 9.64 Å². The van der Waals surface area contributed by atoms with E-state index < -0.39 is 0 Å². The zero-order valence-electron chi connectivity index (χ0n) is 11.2. The van der Waals surface area contributed by atoms with Gasteiger partial charge in [0.1, 0.15) is 0 Å². The van der Waals surface area contributed by atoms with Crippen LogP contribution in [0.3, 0.4) is 0 Å². The monoisotopic (exact) mass is 274 g/mol. The van der Waals surface area contributed by atoms with E-state index in [1.165, 1.54) is 0 Å². The van der Waals surface area contributed by atoms with Gasteiger partial charge >= 0.3 is 6.01 Å². The molecule has 18 heavy (non-hydrogen) atoms. The fraction of sp³-hybridized carbons (Fsp3) is 0.727. The smallest absolute Gasteiger partial charge is 0.322 e. The highest BCUT2D eigenvalue weighted by Gasteiger charge is 2.11. The van der Waals surface area contributed by atoms with Crippen LogP contribution in [0.15, 0.2) is 0 Å². The van der Waals surface area contributed by atoms with Gasteiger partial charge in [0.15, 0.2) is 0 Å². The van der Waals surface area contributed by atoms with Gasteiger partial charge in [-0.15, -0.1) is 0 Å². The molecule has 0 aliphatic rings. The fourth-order valence-corrected chi connectivity index (χ4v) is 1.35. The second kappa shape index (κ2) is 7.33. The molecule has 0 spiro atoms. The quantitative estimate of drug-likeness (QED) is 0.707. The van der Waals surface area contributed by atoms with Crippen molar-refractivity contribution >= 4 is 17.5 Å². The molecule has 0 aliphatic heterocycles. The van der Waals surface area contributed by atoms with Gasteiger partial charge in [-0.1, -0.05) is 0 Å². The Labute approximate surface area is 112 Å². The minimum atomic E-state index is -0.00922. The van der Waals surface area contributed by atoms with Crippen LogP contribution in [0.4, 0.5) is 5.95 Å². The van der Waals surface area contributed by atoms with Gasteiger partial charge < -0.3 is 14.4 Å². The predicted molar refractivity (Wildman–Crippen MR) is 70.4 cm³/mol. The van der Waals surface area contributed by atoms with Crippen molar-refractivity contribution in [2.45, 2.75) is 26.9 Å². The number of rotatable bonds is 7. The Morgan fingerprint density at radius 2 is 2.00 bits per heavy atom. The first-order chi connectivity index (χ1) is 8.52. The van der Waals surface area contributed by atoms with Crippen molar-refractivity contribution in [3.8, 4) is 6.01 Å². The van der Waals surface area contributed by atoms with E-state index in [1.54, 1.807) is 0 Å². The molecule has 0 bridgehead atoms. The van der Waals surface area contributed by atoms with Crippen molar-refractivity contribution in [1.82, 2.24) is 15.0 Å². The number of aromatic nitrogens is 3. The standard InChI is InChI=1S/C11H19ClN4O2/c1-5-17-7-6-16(4)10-13-9(12)14-11(15-10)18-8(2)3/h8H,5-7H2,1-4H3. The van der Waals surface area contributed by atoms with E-state index in [0.717, 1.165) is 0 Å². The Hall–Kier alpha value is -1.14. The maximum Gasteiger partial charge on any atom is 0.322 e. The third-order valence-electron chi connectivity index (χ3n) is 2.03. The van der Waals surface area contributed by atoms with Crippen molar-refractivity contribution in [3.63, 3.8) is 0 Å². The van der Waals surface area contributed by atoms with Crippen LogP contribution in [-0.4, -0.2) is 47.9 Å². The second-order valence-corrected chi connectivity index (χ2v) is 4.31. The van der Waals surface area contributed by atoms with Gasteiger partial charge in [-0.3, -0.25) is 0 Å². The summed E-state index contributed by atoms with van der Waals surface area (Å²) >= 11 is 5.84. The molecular formula is C11H19ClN4O2. The van der Waals surface area contributed by atoms with E-state index in [1.807, 2.05) is 32.7 Å². The maximum absolute atomic E-state index is 5.84. The van der Waals surface area contributed by atoms with E-state index >= 15 is 0 Å². The Morgan fingerprint density at radius 3 is 2.61 bits per heavy atom. The Morgan fingerprint density at radius 1 is 1.28 bits per heavy atom. The third-order valence-corrected chi connectivity index (χ3v) is 2.20. The Bertz CT molecular complexity index is 376. The highest BCUT2D eigenvalue weighted by atomic mass is 35.5. The number of hydrogen-bond donors (Lipinski definition) is 0. The van der Waals surface area contributed by atoms with Crippen molar-refractivity contribution in [1.29, 1.82) is 0 Å². The molecule has 0 atom stereocenters. The van der Waals surface area contributed by atoms with Gasteiger partial charge in [0, 0.05) is 20.2 Å². The lowest BCUT2D eigenvalue weighted by molar-refractivity contribution is 0.154. The number of ether oxygens (including phenoxy) is 2. The van der Waals surface area contributed by atoms with E-state index in [2.05, 4.69) is 15.0 Å². The van der Waals surface area contributed by atoms with E-state index in [4.69, 9.17) is 21.1 Å². The van der Waals surface area contributed by atoms with Gasteiger partial charge in [0.2, 0.25) is 11.2 Å². The first-order valence-corrected chi connectivity index (χ1v) is 6.27. The molecule has 1 rings (SSSR count). The largest absolute Gasteiger partial charge is 0.461 e. The number of hydrogen-bond acceptors (Lipinski definition) is 6. The third kappa shape index (κ3) is 5.01. The first kappa shape index (κ1) is 14.9. The molecule has 0 saturated heterocycles. The molecule has 1 aromatic rings. The van der Waals surface area contributed by atoms with Gasteiger partial charge in [-0.25, -0.2) is 0 Å². The Kier molecular flexibility index (Phi) is 6.07. The number of likely N-dealkylation sites (N-methyl/N-ethyl adjacent to an activating group) is 1. The van der Waals surface area contributed by atoms with Crippen LogP contribution in [0.1, 0.15) is 20.8 Å². The van der Waals surface area contributed by atoms with Crippen LogP contribution in [0.25, 0.3) is 0 Å². The summed E-state index contributed by atoms with van der Waals surface area (Å²) in [5.41, 5.74) is 0. The normalized spacial score (nSPS) is 10.8. The first-order valence-electron chi connectivity index (χ1n) is 5.90. The molecule has 0 radical (unpaired) electrons. The molecular weight excluding hydrogens is 256 g/mol. The van der Waals surface area contributed by atoms with Crippen molar-refractivity contribution in [2.75, 3.05) is 31.7 Å². The minimum absolute atomic E-state index is 0.00922. The zero-order valence-corrected chi connectivity index (χ0v) is 11.9. The summed E-state index contributed by atoms with van der Waals surface area (Å²) in [5, 5.41) is 0.124. The van der Waals surface area contributed by atoms with Gasteiger partial charge in [0.05, 0.1) is 12.7 Å². The second-order valence-electron chi connectivity index (χ2n) is 3.97. The van der Waals surface area contributed by atoms with Crippen LogP contribution in [0.5, 0.6) is 6.01 Å². The summed E-state index contributed by atoms with van der Waals surface area (Å²) in [6.07, 6.45) is -0.00922.